The molecule has 0 bridgehead atoms. The van der Waals surface area contributed by atoms with Crippen LogP contribution in [0.1, 0.15) is 66.7 Å². The minimum Gasteiger partial charge on any atom is -0.466 e. The van der Waals surface area contributed by atoms with Crippen molar-refractivity contribution in [3.8, 4) is 0 Å². The van der Waals surface area contributed by atoms with Crippen LogP contribution in [0.4, 0.5) is 0 Å². The molecule has 0 spiro atoms. The lowest BCUT2D eigenvalue weighted by atomic mass is 9.96. The smallest absolute Gasteiger partial charge is 0.305 e. The molecule has 0 radical (unpaired) electrons. The number of hydrogen-bond acceptors (Lipinski definition) is 11. The molecule has 5 unspecified atom stereocenters. The van der Waals surface area contributed by atoms with E-state index in [4.69, 9.17) is 28.4 Å². The number of ether oxygens (including phenoxy) is 6. The van der Waals surface area contributed by atoms with Crippen LogP contribution in [-0.2, 0) is 52.4 Å². The molecule has 1 amide bonds. The van der Waals surface area contributed by atoms with Gasteiger partial charge in [-0.2, -0.15) is 0 Å². The van der Waals surface area contributed by atoms with E-state index >= 15 is 0 Å². The molecule has 0 aromatic carbocycles. The fraction of sp³-hybridized carbons (Fsp3) is 0.783. The molecular weight excluding hydrogens is 466 g/mol. The molecule has 1 fully saturated rings. The molecule has 0 aromatic heterocycles. The highest BCUT2D eigenvalue weighted by molar-refractivity contribution is 5.73. The molecule has 5 atom stereocenters. The second kappa shape index (κ2) is 16.0. The van der Waals surface area contributed by atoms with Crippen LogP contribution in [0, 0.1) is 0 Å². The fourth-order valence-electron chi connectivity index (χ4n) is 3.41. The molecule has 1 aliphatic heterocycles. The topological polar surface area (TPSA) is 153 Å². The highest BCUT2D eigenvalue weighted by Crippen LogP contribution is 2.28. The van der Waals surface area contributed by atoms with Crippen LogP contribution in [0.25, 0.3) is 0 Å². The van der Waals surface area contributed by atoms with Gasteiger partial charge in [0.05, 0.1) is 6.61 Å². The Bertz CT molecular complexity index is 726. The maximum absolute atomic E-state index is 11.9. The average Bonchev–Trinajstić information content (AvgIpc) is 2.75. The Morgan fingerprint density at radius 3 is 2.03 bits per heavy atom. The van der Waals surface area contributed by atoms with Gasteiger partial charge >= 0.3 is 23.9 Å². The minimum atomic E-state index is -1.18. The van der Waals surface area contributed by atoms with Crippen molar-refractivity contribution >= 4 is 29.8 Å². The lowest BCUT2D eigenvalue weighted by Gasteiger charge is -2.44. The molecule has 1 saturated heterocycles. The highest BCUT2D eigenvalue weighted by Gasteiger charge is 2.51. The van der Waals surface area contributed by atoms with E-state index in [0.717, 1.165) is 19.8 Å². The van der Waals surface area contributed by atoms with Gasteiger partial charge in [-0.05, 0) is 19.3 Å². The molecule has 1 aliphatic rings. The van der Waals surface area contributed by atoms with E-state index in [-0.39, 0.29) is 25.6 Å². The van der Waals surface area contributed by atoms with Gasteiger partial charge in [0, 0.05) is 40.7 Å². The van der Waals surface area contributed by atoms with Gasteiger partial charge in [-0.15, -0.1) is 0 Å². The molecule has 200 valence electrons. The molecule has 1 rings (SSSR count). The van der Waals surface area contributed by atoms with Gasteiger partial charge in [0.25, 0.3) is 0 Å². The van der Waals surface area contributed by atoms with Gasteiger partial charge in [-0.3, -0.25) is 24.0 Å². The van der Waals surface area contributed by atoms with Gasteiger partial charge < -0.3 is 33.7 Å². The van der Waals surface area contributed by atoms with Crippen molar-refractivity contribution in [2.75, 3.05) is 19.8 Å². The zero-order valence-corrected chi connectivity index (χ0v) is 21.0. The summed E-state index contributed by atoms with van der Waals surface area (Å²) in [5.74, 6) is -2.71. The maximum atomic E-state index is 11.9. The van der Waals surface area contributed by atoms with E-state index in [0.29, 0.717) is 19.4 Å². The maximum Gasteiger partial charge on any atom is 0.305 e. The summed E-state index contributed by atoms with van der Waals surface area (Å²) in [6.45, 7) is 7.04. The summed E-state index contributed by atoms with van der Waals surface area (Å²) >= 11 is 0. The largest absolute Gasteiger partial charge is 0.466 e. The predicted molar refractivity (Wildman–Crippen MR) is 120 cm³/mol. The van der Waals surface area contributed by atoms with Gasteiger partial charge in [0.15, 0.2) is 18.5 Å². The molecular formula is C23H37NO11. The molecule has 0 aliphatic carbocycles. The summed E-state index contributed by atoms with van der Waals surface area (Å²) in [6, 6.07) is -1.02. The third-order valence-corrected chi connectivity index (χ3v) is 4.89. The van der Waals surface area contributed by atoms with Gasteiger partial charge in [-0.25, -0.2) is 0 Å². The summed E-state index contributed by atoms with van der Waals surface area (Å²) in [7, 11) is 0. The van der Waals surface area contributed by atoms with Crippen LogP contribution >= 0.6 is 0 Å². The van der Waals surface area contributed by atoms with Crippen molar-refractivity contribution in [3.63, 3.8) is 0 Å². The van der Waals surface area contributed by atoms with E-state index in [9.17, 15) is 24.0 Å². The third kappa shape index (κ3) is 12.0. The Morgan fingerprint density at radius 1 is 0.800 bits per heavy atom. The zero-order valence-electron chi connectivity index (χ0n) is 21.0. The van der Waals surface area contributed by atoms with Gasteiger partial charge in [-0.1, -0.05) is 13.3 Å². The molecule has 35 heavy (non-hydrogen) atoms. The van der Waals surface area contributed by atoms with Crippen molar-refractivity contribution in [2.24, 2.45) is 0 Å². The first-order chi connectivity index (χ1) is 16.5. The lowest BCUT2D eigenvalue weighted by molar-refractivity contribution is -0.277. The quantitative estimate of drug-likeness (QED) is 0.206. The van der Waals surface area contributed by atoms with Crippen molar-refractivity contribution < 1.29 is 52.4 Å². The monoisotopic (exact) mass is 503 g/mol. The zero-order chi connectivity index (χ0) is 26.4. The van der Waals surface area contributed by atoms with E-state index in [1.165, 1.54) is 20.8 Å². The SMILES string of the molecule is CCCCOC(=O)CCCCOC1OC(COC(C)=O)C(OC(C)=O)C(OC(C)=O)C1NC(C)=O. The number of unbranched alkanes of at least 4 members (excludes halogenated alkanes) is 2. The van der Waals surface area contributed by atoms with E-state index in [2.05, 4.69) is 5.32 Å². The number of nitrogens with one attached hydrogen (secondary N) is 1. The van der Waals surface area contributed by atoms with Crippen LogP contribution in [0.2, 0.25) is 0 Å². The minimum absolute atomic E-state index is 0.147. The van der Waals surface area contributed by atoms with Crippen molar-refractivity contribution in [2.45, 2.75) is 97.4 Å². The molecule has 12 nitrogen and oxygen atoms in total. The molecule has 1 N–H and O–H groups in total. The van der Waals surface area contributed by atoms with Crippen molar-refractivity contribution in [1.82, 2.24) is 5.32 Å². The first-order valence-corrected chi connectivity index (χ1v) is 11.7. The van der Waals surface area contributed by atoms with Crippen molar-refractivity contribution in [1.29, 1.82) is 0 Å². The molecule has 12 heteroatoms. The summed E-state index contributed by atoms with van der Waals surface area (Å²) in [6.07, 6.45) is -1.54. The van der Waals surface area contributed by atoms with Gasteiger partial charge in [0.2, 0.25) is 5.91 Å². The van der Waals surface area contributed by atoms with E-state index in [1.807, 2.05) is 6.92 Å². The normalized spacial score (nSPS) is 23.6. The Kier molecular flexibility index (Phi) is 13.9. The standard InChI is InChI=1S/C23H37NO11/c1-6-7-11-30-19(29)10-8-9-12-31-23-20(24-14(2)25)22(34-17(5)28)21(33-16(4)27)18(35-23)13-32-15(3)26/h18,20-23H,6-13H2,1-5H3,(H,24,25). The van der Waals surface area contributed by atoms with Gasteiger partial charge in [0.1, 0.15) is 18.8 Å². The summed E-state index contributed by atoms with van der Waals surface area (Å²) < 4.78 is 32.6. The Labute approximate surface area is 205 Å². The van der Waals surface area contributed by atoms with Crippen LogP contribution in [-0.4, -0.2) is 80.2 Å². The number of carbonyl (C=O) groups excluding carboxylic acids is 5. The van der Waals surface area contributed by atoms with Crippen molar-refractivity contribution in [3.05, 3.63) is 0 Å². The fourth-order valence-corrected chi connectivity index (χ4v) is 3.41. The second-order valence-corrected chi connectivity index (χ2v) is 8.12. The number of carbonyl (C=O) groups is 5. The Balaban J connectivity index is 2.92. The molecule has 1 heterocycles. The highest BCUT2D eigenvalue weighted by atomic mass is 16.7. The average molecular weight is 504 g/mol. The number of esters is 4. The summed E-state index contributed by atoms with van der Waals surface area (Å²) in [5, 5.41) is 2.62. The van der Waals surface area contributed by atoms with E-state index < -0.39 is 54.5 Å². The molecule has 0 saturated carbocycles. The Morgan fingerprint density at radius 2 is 1.46 bits per heavy atom. The Hall–Kier alpha value is -2.73. The predicted octanol–water partition coefficient (Wildman–Crippen LogP) is 1.17. The van der Waals surface area contributed by atoms with Crippen LogP contribution in [0.3, 0.4) is 0 Å². The van der Waals surface area contributed by atoms with E-state index in [1.54, 1.807) is 0 Å². The van der Waals surface area contributed by atoms with Crippen LogP contribution in [0.15, 0.2) is 0 Å². The number of rotatable bonds is 14. The summed E-state index contributed by atoms with van der Waals surface area (Å²) in [5.41, 5.74) is 0. The molecule has 0 aromatic rings. The number of amides is 1. The first kappa shape index (κ1) is 30.3. The second-order valence-electron chi connectivity index (χ2n) is 8.12. The van der Waals surface area contributed by atoms with Crippen LogP contribution < -0.4 is 5.32 Å². The number of hydrogen-bond donors (Lipinski definition) is 1. The lowest BCUT2D eigenvalue weighted by Crippen LogP contribution is -2.66. The van der Waals surface area contributed by atoms with Crippen LogP contribution in [0.5, 0.6) is 0 Å². The third-order valence-electron chi connectivity index (χ3n) is 4.89. The first-order valence-electron chi connectivity index (χ1n) is 11.7. The summed E-state index contributed by atoms with van der Waals surface area (Å²) in [4.78, 5) is 58.5.